The van der Waals surface area contributed by atoms with Crippen molar-refractivity contribution in [1.29, 1.82) is 0 Å². The zero-order valence-corrected chi connectivity index (χ0v) is 20.0. The highest BCUT2D eigenvalue weighted by Crippen LogP contribution is 2.68. The lowest BCUT2D eigenvalue weighted by Gasteiger charge is -2.23. The summed E-state index contributed by atoms with van der Waals surface area (Å²) >= 11 is 0. The molecule has 0 saturated heterocycles. The van der Waals surface area contributed by atoms with E-state index in [4.69, 9.17) is 0 Å². The van der Waals surface area contributed by atoms with Crippen LogP contribution in [0.2, 0.25) is 0 Å². The van der Waals surface area contributed by atoms with Crippen LogP contribution in [0, 0.1) is 23.2 Å². The summed E-state index contributed by atoms with van der Waals surface area (Å²) in [7, 11) is 0. The minimum absolute atomic E-state index is 0.00577. The van der Waals surface area contributed by atoms with E-state index in [-0.39, 0.29) is 23.3 Å². The molecule has 5 atom stereocenters. The Morgan fingerprint density at radius 2 is 1.76 bits per heavy atom. The monoisotopic (exact) mass is 492 g/mol. The first-order valence-electron chi connectivity index (χ1n) is 12.0. The molecule has 2 aliphatic carbocycles. The maximum Gasteiger partial charge on any atom is 0.207 e. The fourth-order valence-corrected chi connectivity index (χ4v) is 5.56. The maximum absolute atomic E-state index is 12.4. The highest BCUT2D eigenvalue weighted by atomic mass is 16.3. The SMILES string of the molecule is CC(=O)[C@]12CC1[C@@H](n1cnc3c(/C=C(\O)c4ccccc4)nc(C#Cc4ccccc4)nc31)[C@H](O)C2O. The van der Waals surface area contributed by atoms with Crippen molar-refractivity contribution in [3.8, 4) is 11.8 Å². The molecule has 3 N–H and O–H groups in total. The van der Waals surface area contributed by atoms with Gasteiger partial charge in [0.15, 0.2) is 5.65 Å². The Kier molecular flexibility index (Phi) is 5.41. The number of Topliss-reactive ketones (excluding diaryl/α,β-unsaturated/α-hetero) is 1. The molecule has 2 fully saturated rings. The first kappa shape index (κ1) is 23.1. The third-order valence-electron chi connectivity index (χ3n) is 7.53. The number of benzene rings is 2. The van der Waals surface area contributed by atoms with Gasteiger partial charge in [0.2, 0.25) is 5.82 Å². The molecule has 2 heterocycles. The van der Waals surface area contributed by atoms with Crippen molar-refractivity contribution in [3.63, 3.8) is 0 Å². The maximum atomic E-state index is 12.4. The highest BCUT2D eigenvalue weighted by Gasteiger charge is 2.74. The fourth-order valence-electron chi connectivity index (χ4n) is 5.56. The van der Waals surface area contributed by atoms with Crippen LogP contribution in [0.4, 0.5) is 0 Å². The van der Waals surface area contributed by atoms with Crippen LogP contribution in [0.1, 0.15) is 42.0 Å². The molecule has 2 aliphatic rings. The summed E-state index contributed by atoms with van der Waals surface area (Å²) in [5.74, 6) is 5.91. The van der Waals surface area contributed by atoms with Gasteiger partial charge in [0.05, 0.1) is 29.6 Å². The predicted octanol–water partition coefficient (Wildman–Crippen LogP) is 3.15. The van der Waals surface area contributed by atoms with E-state index in [1.165, 1.54) is 13.0 Å². The number of rotatable bonds is 4. The van der Waals surface area contributed by atoms with E-state index in [9.17, 15) is 20.1 Å². The lowest BCUT2D eigenvalue weighted by Crippen LogP contribution is -2.36. The molecular weight excluding hydrogens is 468 g/mol. The third kappa shape index (κ3) is 3.71. The van der Waals surface area contributed by atoms with Gasteiger partial charge in [-0.25, -0.2) is 15.0 Å². The van der Waals surface area contributed by atoms with E-state index in [0.29, 0.717) is 28.8 Å². The van der Waals surface area contributed by atoms with E-state index in [1.54, 1.807) is 23.0 Å². The van der Waals surface area contributed by atoms with Gasteiger partial charge >= 0.3 is 0 Å². The van der Waals surface area contributed by atoms with Crippen molar-refractivity contribution >= 4 is 28.8 Å². The number of carbonyl (C=O) groups excluding carboxylic acids is 1. The third-order valence-corrected chi connectivity index (χ3v) is 7.53. The molecule has 0 bridgehead atoms. The number of carbonyl (C=O) groups is 1. The van der Waals surface area contributed by atoms with Crippen molar-refractivity contribution < 1.29 is 20.1 Å². The number of aromatic nitrogens is 4. The van der Waals surface area contributed by atoms with Crippen molar-refractivity contribution in [2.24, 2.45) is 11.3 Å². The Bertz CT molecular complexity index is 1600. The minimum Gasteiger partial charge on any atom is -0.507 e. The number of aliphatic hydroxyl groups is 3. The molecule has 6 rings (SSSR count). The van der Waals surface area contributed by atoms with Crippen LogP contribution in [-0.2, 0) is 4.79 Å². The van der Waals surface area contributed by atoms with Crippen LogP contribution >= 0.6 is 0 Å². The minimum atomic E-state index is -1.15. The summed E-state index contributed by atoms with van der Waals surface area (Å²) in [5, 5.41) is 32.4. The van der Waals surface area contributed by atoms with Crippen molar-refractivity contribution in [3.05, 3.63) is 89.6 Å². The fraction of sp³-hybridized carbons (Fsp3) is 0.241. The molecule has 0 amide bonds. The van der Waals surface area contributed by atoms with Gasteiger partial charge in [0.25, 0.3) is 0 Å². The number of ketones is 1. The molecule has 8 nitrogen and oxygen atoms in total. The number of fused-ring (bicyclic) bond motifs is 2. The lowest BCUT2D eigenvalue weighted by atomic mass is 9.95. The molecule has 2 unspecified atom stereocenters. The van der Waals surface area contributed by atoms with E-state index in [1.807, 2.05) is 48.5 Å². The smallest absolute Gasteiger partial charge is 0.207 e. The van der Waals surface area contributed by atoms with E-state index in [2.05, 4.69) is 26.8 Å². The van der Waals surface area contributed by atoms with Crippen LogP contribution in [0.15, 0.2) is 67.0 Å². The normalized spacial score (nSPS) is 26.4. The summed E-state index contributed by atoms with van der Waals surface area (Å²) in [6.07, 6.45) is 1.25. The number of hydrogen-bond donors (Lipinski definition) is 3. The molecule has 184 valence electrons. The molecule has 8 heteroatoms. The van der Waals surface area contributed by atoms with Crippen molar-refractivity contribution in [2.45, 2.75) is 31.6 Å². The van der Waals surface area contributed by atoms with Gasteiger partial charge < -0.3 is 19.9 Å². The molecule has 0 radical (unpaired) electrons. The average molecular weight is 493 g/mol. The molecule has 4 aromatic rings. The Morgan fingerprint density at radius 1 is 1.05 bits per heavy atom. The van der Waals surface area contributed by atoms with Gasteiger partial charge in [-0.2, -0.15) is 0 Å². The van der Waals surface area contributed by atoms with E-state index >= 15 is 0 Å². The first-order chi connectivity index (χ1) is 17.9. The van der Waals surface area contributed by atoms with Crippen LogP contribution < -0.4 is 0 Å². The predicted molar refractivity (Wildman–Crippen MR) is 137 cm³/mol. The average Bonchev–Trinajstić information content (AvgIpc) is 3.46. The van der Waals surface area contributed by atoms with Crippen molar-refractivity contribution in [1.82, 2.24) is 19.5 Å². The summed E-state index contributed by atoms with van der Waals surface area (Å²) in [6, 6.07) is 17.9. The van der Waals surface area contributed by atoms with Crippen molar-refractivity contribution in [2.75, 3.05) is 0 Å². The Balaban J connectivity index is 1.49. The second kappa shape index (κ2) is 8.66. The van der Waals surface area contributed by atoms with Crippen LogP contribution in [0.25, 0.3) is 23.0 Å². The quantitative estimate of drug-likeness (QED) is 0.296. The van der Waals surface area contributed by atoms with Gasteiger partial charge in [0, 0.05) is 17.2 Å². The van der Waals surface area contributed by atoms with E-state index < -0.39 is 23.7 Å². The zero-order valence-electron chi connectivity index (χ0n) is 20.0. The second-order valence-corrected chi connectivity index (χ2v) is 9.60. The summed E-state index contributed by atoms with van der Waals surface area (Å²) in [6.45, 7) is 1.46. The number of nitrogens with zero attached hydrogens (tertiary/aromatic N) is 4. The molecule has 0 aliphatic heterocycles. The summed E-state index contributed by atoms with van der Waals surface area (Å²) in [4.78, 5) is 26.1. The molecule has 2 aromatic heterocycles. The first-order valence-corrected chi connectivity index (χ1v) is 12.0. The van der Waals surface area contributed by atoms with E-state index in [0.717, 1.165) is 5.56 Å². The molecule has 2 aromatic carbocycles. The summed E-state index contributed by atoms with van der Waals surface area (Å²) in [5.41, 5.74) is 1.66. The molecule has 37 heavy (non-hydrogen) atoms. The zero-order chi connectivity index (χ0) is 25.7. The molecule has 2 saturated carbocycles. The Hall–Kier alpha value is -4.32. The van der Waals surface area contributed by atoms with Gasteiger partial charge in [-0.05, 0) is 37.3 Å². The van der Waals surface area contributed by atoms with Crippen LogP contribution in [-0.4, -0.2) is 52.8 Å². The lowest BCUT2D eigenvalue weighted by molar-refractivity contribution is -0.128. The number of aliphatic hydroxyl groups excluding tert-OH is 3. The Labute approximate surface area is 213 Å². The molecular formula is C29H24N4O4. The topological polar surface area (TPSA) is 121 Å². The van der Waals surface area contributed by atoms with Crippen LogP contribution in [0.3, 0.4) is 0 Å². The van der Waals surface area contributed by atoms with Gasteiger partial charge in [0.1, 0.15) is 23.2 Å². The standard InChI is InChI=1S/C29H24N4O4/c1-17(34)29-15-20(29)25(26(36)27(29)37)33-16-30-24-21(14-22(35)19-10-6-3-7-11-19)31-23(32-28(24)33)13-12-18-8-4-2-5-9-18/h2-11,14,16,20,25-27,35-37H,15H2,1H3/b22-14-/t20?,25-,26+,27?,29-/m1/s1. The van der Waals surface area contributed by atoms with Gasteiger partial charge in [-0.3, -0.25) is 4.79 Å². The molecule has 0 spiro atoms. The van der Waals surface area contributed by atoms with Gasteiger partial charge in [-0.1, -0.05) is 54.5 Å². The highest BCUT2D eigenvalue weighted by molar-refractivity contribution is 5.89. The van der Waals surface area contributed by atoms with Gasteiger partial charge in [-0.15, -0.1) is 0 Å². The Morgan fingerprint density at radius 3 is 2.43 bits per heavy atom. The second-order valence-electron chi connectivity index (χ2n) is 9.60. The largest absolute Gasteiger partial charge is 0.507 e. The number of hydrogen-bond acceptors (Lipinski definition) is 7. The van der Waals surface area contributed by atoms with Crippen LogP contribution in [0.5, 0.6) is 0 Å². The summed E-state index contributed by atoms with van der Waals surface area (Å²) < 4.78 is 1.71. The number of imidazole rings is 1.